The Kier molecular flexibility index (Phi) is 3.27. The maximum Gasteiger partial charge on any atom is 0.193 e. The Balaban J connectivity index is 1.71. The third-order valence-electron chi connectivity index (χ3n) is 3.03. The SMILES string of the molecule is CC(NCc1ccc(Cl)o1)c1nc2ccccc2[nH]1. The lowest BCUT2D eigenvalue weighted by Gasteiger charge is -2.09. The Labute approximate surface area is 115 Å². The molecule has 3 rings (SSSR count). The second-order valence-electron chi connectivity index (χ2n) is 4.45. The van der Waals surface area contributed by atoms with Crippen LogP contribution in [0.5, 0.6) is 0 Å². The molecule has 98 valence electrons. The van der Waals surface area contributed by atoms with Gasteiger partial charge in [0.15, 0.2) is 5.22 Å². The van der Waals surface area contributed by atoms with Crippen molar-refractivity contribution >= 4 is 22.6 Å². The van der Waals surface area contributed by atoms with Gasteiger partial charge in [-0.3, -0.25) is 0 Å². The van der Waals surface area contributed by atoms with E-state index in [1.54, 1.807) is 6.07 Å². The molecule has 3 aromatic rings. The molecule has 0 fully saturated rings. The molecule has 4 nitrogen and oxygen atoms in total. The molecule has 1 unspecified atom stereocenters. The quantitative estimate of drug-likeness (QED) is 0.764. The highest BCUT2D eigenvalue weighted by Crippen LogP contribution is 2.17. The summed E-state index contributed by atoms with van der Waals surface area (Å²) >= 11 is 5.73. The lowest BCUT2D eigenvalue weighted by Crippen LogP contribution is -2.18. The molecular weight excluding hydrogens is 262 g/mol. The first-order valence-corrected chi connectivity index (χ1v) is 6.52. The first kappa shape index (κ1) is 12.3. The maximum absolute atomic E-state index is 5.73. The van der Waals surface area contributed by atoms with Crippen molar-refractivity contribution in [3.8, 4) is 0 Å². The predicted octanol–water partition coefficient (Wildman–Crippen LogP) is 3.66. The zero-order chi connectivity index (χ0) is 13.2. The monoisotopic (exact) mass is 275 g/mol. The number of hydrogen-bond donors (Lipinski definition) is 2. The summed E-state index contributed by atoms with van der Waals surface area (Å²) in [4.78, 5) is 7.86. The van der Waals surface area contributed by atoms with Crippen LogP contribution in [0.25, 0.3) is 11.0 Å². The van der Waals surface area contributed by atoms with E-state index in [1.807, 2.05) is 30.3 Å². The Bertz CT molecular complexity index is 656. The van der Waals surface area contributed by atoms with Crippen molar-refractivity contribution in [2.45, 2.75) is 19.5 Å². The molecule has 2 N–H and O–H groups in total. The molecule has 0 bridgehead atoms. The van der Waals surface area contributed by atoms with E-state index < -0.39 is 0 Å². The summed E-state index contributed by atoms with van der Waals surface area (Å²) in [7, 11) is 0. The molecule has 0 saturated heterocycles. The van der Waals surface area contributed by atoms with Crippen molar-refractivity contribution in [3.63, 3.8) is 0 Å². The minimum Gasteiger partial charge on any atom is -0.448 e. The Morgan fingerprint density at radius 1 is 1.32 bits per heavy atom. The number of nitrogens with one attached hydrogen (secondary N) is 2. The van der Waals surface area contributed by atoms with Crippen LogP contribution in [0.4, 0.5) is 0 Å². The van der Waals surface area contributed by atoms with Gasteiger partial charge in [0.2, 0.25) is 0 Å². The van der Waals surface area contributed by atoms with Crippen LogP contribution in [-0.4, -0.2) is 9.97 Å². The molecule has 1 aromatic carbocycles. The average molecular weight is 276 g/mol. The molecule has 5 heteroatoms. The molecule has 0 aliphatic rings. The summed E-state index contributed by atoms with van der Waals surface area (Å²) in [5.41, 5.74) is 2.03. The third-order valence-corrected chi connectivity index (χ3v) is 3.23. The number of hydrogen-bond acceptors (Lipinski definition) is 3. The van der Waals surface area contributed by atoms with Crippen LogP contribution in [-0.2, 0) is 6.54 Å². The zero-order valence-corrected chi connectivity index (χ0v) is 11.2. The zero-order valence-electron chi connectivity index (χ0n) is 10.5. The summed E-state index contributed by atoms with van der Waals surface area (Å²) in [6.45, 7) is 2.67. The normalized spacial score (nSPS) is 12.9. The van der Waals surface area contributed by atoms with Crippen molar-refractivity contribution in [3.05, 3.63) is 53.2 Å². The van der Waals surface area contributed by atoms with Crippen LogP contribution in [0.3, 0.4) is 0 Å². The molecule has 0 radical (unpaired) electrons. The van der Waals surface area contributed by atoms with Gasteiger partial charge in [-0.25, -0.2) is 4.98 Å². The van der Waals surface area contributed by atoms with E-state index in [1.165, 1.54) is 0 Å². The highest BCUT2D eigenvalue weighted by molar-refractivity contribution is 6.28. The van der Waals surface area contributed by atoms with Gasteiger partial charge in [-0.2, -0.15) is 0 Å². The molecule has 2 heterocycles. The topological polar surface area (TPSA) is 53.9 Å². The Morgan fingerprint density at radius 3 is 2.89 bits per heavy atom. The molecule has 1 atom stereocenters. The number of nitrogens with zero attached hydrogens (tertiary/aromatic N) is 1. The highest BCUT2D eigenvalue weighted by Gasteiger charge is 2.10. The van der Waals surface area contributed by atoms with Gasteiger partial charge in [0, 0.05) is 0 Å². The smallest absolute Gasteiger partial charge is 0.193 e. The largest absolute Gasteiger partial charge is 0.448 e. The van der Waals surface area contributed by atoms with E-state index in [0.717, 1.165) is 22.6 Å². The Hall–Kier alpha value is -1.78. The maximum atomic E-state index is 5.73. The molecule has 0 spiro atoms. The van der Waals surface area contributed by atoms with Crippen LogP contribution in [0.15, 0.2) is 40.8 Å². The molecule has 0 aliphatic heterocycles. The number of aromatic nitrogens is 2. The minimum absolute atomic E-state index is 0.108. The van der Waals surface area contributed by atoms with Crippen molar-refractivity contribution in [1.82, 2.24) is 15.3 Å². The van der Waals surface area contributed by atoms with Gasteiger partial charge < -0.3 is 14.7 Å². The van der Waals surface area contributed by atoms with Gasteiger partial charge in [0.05, 0.1) is 23.6 Å². The summed E-state index contributed by atoms with van der Waals surface area (Å²) in [6.07, 6.45) is 0. The van der Waals surface area contributed by atoms with Gasteiger partial charge in [0.1, 0.15) is 11.6 Å². The van der Waals surface area contributed by atoms with E-state index in [9.17, 15) is 0 Å². The molecule has 19 heavy (non-hydrogen) atoms. The first-order valence-electron chi connectivity index (χ1n) is 6.14. The van der Waals surface area contributed by atoms with Crippen LogP contribution >= 0.6 is 11.6 Å². The number of H-pyrrole nitrogens is 1. The van der Waals surface area contributed by atoms with E-state index in [-0.39, 0.29) is 6.04 Å². The molecule has 0 saturated carbocycles. The number of fused-ring (bicyclic) bond motifs is 1. The summed E-state index contributed by atoms with van der Waals surface area (Å²) in [6, 6.07) is 11.7. The summed E-state index contributed by atoms with van der Waals surface area (Å²) in [5, 5.41) is 3.75. The standard InChI is InChI=1S/C14H14ClN3O/c1-9(16-8-10-6-7-13(15)19-10)14-17-11-4-2-3-5-12(11)18-14/h2-7,9,16H,8H2,1H3,(H,17,18). The second-order valence-corrected chi connectivity index (χ2v) is 4.82. The van der Waals surface area contributed by atoms with Crippen molar-refractivity contribution < 1.29 is 4.42 Å². The van der Waals surface area contributed by atoms with Crippen molar-refractivity contribution in [1.29, 1.82) is 0 Å². The minimum atomic E-state index is 0.108. The van der Waals surface area contributed by atoms with E-state index in [0.29, 0.717) is 11.8 Å². The number of imidazole rings is 1. The van der Waals surface area contributed by atoms with Crippen molar-refractivity contribution in [2.24, 2.45) is 0 Å². The fourth-order valence-electron chi connectivity index (χ4n) is 1.97. The number of rotatable bonds is 4. The van der Waals surface area contributed by atoms with Gasteiger partial charge in [-0.15, -0.1) is 0 Å². The van der Waals surface area contributed by atoms with E-state index in [2.05, 4.69) is 22.2 Å². The van der Waals surface area contributed by atoms with Crippen molar-refractivity contribution in [2.75, 3.05) is 0 Å². The lowest BCUT2D eigenvalue weighted by molar-refractivity contribution is 0.456. The fourth-order valence-corrected chi connectivity index (χ4v) is 2.14. The molecule has 0 aliphatic carbocycles. The molecular formula is C14H14ClN3O. The number of halogens is 1. The number of aromatic amines is 1. The lowest BCUT2D eigenvalue weighted by atomic mass is 10.3. The molecule has 2 aromatic heterocycles. The van der Waals surface area contributed by atoms with Crippen LogP contribution in [0.1, 0.15) is 24.6 Å². The Morgan fingerprint density at radius 2 is 2.16 bits per heavy atom. The highest BCUT2D eigenvalue weighted by atomic mass is 35.5. The summed E-state index contributed by atoms with van der Waals surface area (Å²) in [5.74, 6) is 1.73. The summed E-state index contributed by atoms with van der Waals surface area (Å²) < 4.78 is 5.30. The van der Waals surface area contributed by atoms with Gasteiger partial charge in [-0.05, 0) is 42.8 Å². The molecule has 0 amide bonds. The predicted molar refractivity (Wildman–Crippen MR) is 75.1 cm³/mol. The van der Waals surface area contributed by atoms with Gasteiger partial charge in [-0.1, -0.05) is 12.1 Å². The van der Waals surface area contributed by atoms with Crippen LogP contribution < -0.4 is 5.32 Å². The number of benzene rings is 1. The second kappa shape index (κ2) is 5.07. The average Bonchev–Trinajstić information content (AvgIpc) is 3.01. The van der Waals surface area contributed by atoms with Gasteiger partial charge >= 0.3 is 0 Å². The van der Waals surface area contributed by atoms with E-state index >= 15 is 0 Å². The number of para-hydroxylation sites is 2. The third kappa shape index (κ3) is 2.64. The fraction of sp³-hybridized carbons (Fsp3) is 0.214. The van der Waals surface area contributed by atoms with Crippen LogP contribution in [0.2, 0.25) is 5.22 Å². The first-order chi connectivity index (χ1) is 9.22. The van der Waals surface area contributed by atoms with Crippen LogP contribution in [0, 0.1) is 0 Å². The number of furan rings is 1. The van der Waals surface area contributed by atoms with E-state index in [4.69, 9.17) is 16.0 Å². The van der Waals surface area contributed by atoms with Gasteiger partial charge in [0.25, 0.3) is 0 Å².